The van der Waals surface area contributed by atoms with Crippen molar-refractivity contribution in [2.24, 2.45) is 0 Å². The first-order chi connectivity index (χ1) is 17.4. The van der Waals surface area contributed by atoms with Gasteiger partial charge in [0.2, 0.25) is 0 Å². The fraction of sp³-hybridized carbons (Fsp3) is 0.133. The lowest BCUT2D eigenvalue weighted by Crippen LogP contribution is -2.18. The molecule has 6 heteroatoms. The third kappa shape index (κ3) is 4.58. The summed E-state index contributed by atoms with van der Waals surface area (Å²) < 4.78 is 19.6. The second-order valence-corrected chi connectivity index (χ2v) is 8.81. The molecule has 1 aromatic heterocycles. The minimum absolute atomic E-state index is 0.190. The fourth-order valence-electron chi connectivity index (χ4n) is 4.42. The lowest BCUT2D eigenvalue weighted by Gasteiger charge is -2.10. The van der Waals surface area contributed by atoms with Gasteiger partial charge in [-0.3, -0.25) is 9.59 Å². The molecule has 0 fully saturated rings. The topological polar surface area (TPSA) is 71.3 Å². The Hall–Kier alpha value is -4.45. The minimum atomic E-state index is -0.275. The number of halogens is 1. The largest absolute Gasteiger partial charge is 0.456 e. The molecule has 0 atom stereocenters. The summed E-state index contributed by atoms with van der Waals surface area (Å²) in [5.41, 5.74) is 5.76. The van der Waals surface area contributed by atoms with E-state index in [9.17, 15) is 14.0 Å². The number of hydrogen-bond donors (Lipinski definition) is 2. The van der Waals surface area contributed by atoms with E-state index in [1.54, 1.807) is 19.2 Å². The Labute approximate surface area is 208 Å². The van der Waals surface area contributed by atoms with Crippen LogP contribution in [0.3, 0.4) is 0 Å². The van der Waals surface area contributed by atoms with E-state index >= 15 is 0 Å². The quantitative estimate of drug-likeness (QED) is 0.321. The summed E-state index contributed by atoms with van der Waals surface area (Å²) in [5, 5.41) is 6.29. The number of furan rings is 1. The second kappa shape index (κ2) is 9.66. The number of amides is 2. The molecule has 0 aliphatic heterocycles. The van der Waals surface area contributed by atoms with Crippen molar-refractivity contribution in [2.75, 3.05) is 12.4 Å². The number of carbonyl (C=O) groups is 2. The van der Waals surface area contributed by atoms with E-state index in [4.69, 9.17) is 4.42 Å². The maximum absolute atomic E-state index is 13.6. The van der Waals surface area contributed by atoms with Crippen molar-refractivity contribution in [3.8, 4) is 11.1 Å². The van der Waals surface area contributed by atoms with Crippen LogP contribution in [0.5, 0.6) is 0 Å². The molecule has 1 heterocycles. The first kappa shape index (κ1) is 23.3. The van der Waals surface area contributed by atoms with E-state index in [2.05, 4.69) is 10.6 Å². The van der Waals surface area contributed by atoms with E-state index in [-0.39, 0.29) is 24.1 Å². The van der Waals surface area contributed by atoms with Gasteiger partial charge in [0, 0.05) is 30.1 Å². The van der Waals surface area contributed by atoms with Crippen LogP contribution in [0.15, 0.2) is 89.1 Å². The Balaban J connectivity index is 1.53. The van der Waals surface area contributed by atoms with Crippen molar-refractivity contribution in [1.82, 2.24) is 5.32 Å². The number of hydrogen-bond acceptors (Lipinski definition) is 3. The normalized spacial score (nSPS) is 13.2. The number of benzene rings is 3. The molecule has 4 aromatic rings. The van der Waals surface area contributed by atoms with Gasteiger partial charge in [-0.15, -0.1) is 0 Å². The van der Waals surface area contributed by atoms with Gasteiger partial charge in [0.1, 0.15) is 17.2 Å². The summed E-state index contributed by atoms with van der Waals surface area (Å²) in [5.74, 6) is -0.214. The van der Waals surface area contributed by atoms with E-state index < -0.39 is 0 Å². The number of carbonyl (C=O) groups excluding carboxylic acids is 2. The summed E-state index contributed by atoms with van der Waals surface area (Å²) in [6.07, 6.45) is 3.81. The number of anilines is 1. The third-order valence-electron chi connectivity index (χ3n) is 6.27. The summed E-state index contributed by atoms with van der Waals surface area (Å²) >= 11 is 0. The highest BCUT2D eigenvalue weighted by Gasteiger charge is 2.24. The van der Waals surface area contributed by atoms with E-state index in [1.165, 1.54) is 6.08 Å². The predicted octanol–water partition coefficient (Wildman–Crippen LogP) is 7.05. The molecule has 0 bridgehead atoms. The Bertz CT molecular complexity index is 1560. The van der Waals surface area contributed by atoms with E-state index in [0.29, 0.717) is 34.3 Å². The summed E-state index contributed by atoms with van der Waals surface area (Å²) in [6.45, 7) is 1.97. The average Bonchev–Trinajstić information content (AvgIpc) is 3.27. The van der Waals surface area contributed by atoms with Gasteiger partial charge in [-0.05, 0) is 78.1 Å². The zero-order valence-corrected chi connectivity index (χ0v) is 20.0. The molecule has 2 amide bonds. The van der Waals surface area contributed by atoms with Crippen LogP contribution in [0.1, 0.15) is 44.9 Å². The number of nitrogens with one attached hydrogen (secondary N) is 2. The molecule has 1 aliphatic carbocycles. The lowest BCUT2D eigenvalue weighted by atomic mass is 9.96. The zero-order valence-electron chi connectivity index (χ0n) is 20.0. The second-order valence-electron chi connectivity index (χ2n) is 8.81. The molecule has 2 N–H and O–H groups in total. The zero-order chi connectivity index (χ0) is 25.2. The van der Waals surface area contributed by atoms with E-state index in [1.807, 2.05) is 67.6 Å². The molecule has 0 spiro atoms. The van der Waals surface area contributed by atoms with Crippen LogP contribution >= 0.6 is 0 Å². The first-order valence-electron chi connectivity index (χ1n) is 11.8. The number of rotatable bonds is 5. The van der Waals surface area contributed by atoms with Crippen molar-refractivity contribution in [3.05, 3.63) is 107 Å². The number of fused-ring (bicyclic) bond motifs is 1. The SMILES string of the molecule is CNC(=O)c1c(C2=CC=C(F)CC2)oc2ccc(-c3cccc(C(=O)Nc4cccc(C)c4)c3)cc12. The van der Waals surface area contributed by atoms with Crippen LogP contribution in [0.2, 0.25) is 0 Å². The standard InChI is InChI=1S/C30H25FN2O3/c1-18-5-3-8-24(15-18)33-29(34)22-7-4-6-20(16-22)21-11-14-26-25(17-21)27(30(35)32-2)28(36-26)19-9-12-23(31)13-10-19/h3-9,11-12,14-17H,10,13H2,1-2H3,(H,32,35)(H,33,34). The van der Waals surface area contributed by atoms with Crippen LogP contribution < -0.4 is 10.6 Å². The third-order valence-corrected chi connectivity index (χ3v) is 6.27. The molecular formula is C30H25FN2O3. The van der Waals surface area contributed by atoms with Crippen LogP contribution in [0.4, 0.5) is 10.1 Å². The van der Waals surface area contributed by atoms with Gasteiger partial charge in [-0.2, -0.15) is 0 Å². The molecule has 0 saturated heterocycles. The summed E-state index contributed by atoms with van der Waals surface area (Å²) in [6, 6.07) is 20.6. The monoisotopic (exact) mass is 480 g/mol. The van der Waals surface area contributed by atoms with Crippen molar-refractivity contribution < 1.29 is 18.4 Å². The van der Waals surface area contributed by atoms with Gasteiger partial charge >= 0.3 is 0 Å². The van der Waals surface area contributed by atoms with Crippen molar-refractivity contribution in [2.45, 2.75) is 19.8 Å². The van der Waals surface area contributed by atoms with Crippen LogP contribution in [0, 0.1) is 6.92 Å². The highest BCUT2D eigenvalue weighted by atomic mass is 19.1. The predicted molar refractivity (Wildman–Crippen MR) is 141 cm³/mol. The van der Waals surface area contributed by atoms with Gasteiger partial charge in [-0.25, -0.2) is 4.39 Å². The van der Waals surface area contributed by atoms with Crippen LogP contribution in [-0.4, -0.2) is 18.9 Å². The molecule has 180 valence electrons. The Morgan fingerprint density at radius 3 is 2.44 bits per heavy atom. The van der Waals surface area contributed by atoms with Crippen LogP contribution in [0.25, 0.3) is 27.7 Å². The Morgan fingerprint density at radius 1 is 0.889 bits per heavy atom. The smallest absolute Gasteiger partial charge is 0.255 e. The van der Waals surface area contributed by atoms with Gasteiger partial charge in [-0.1, -0.05) is 36.4 Å². The Morgan fingerprint density at radius 2 is 1.69 bits per heavy atom. The maximum Gasteiger partial charge on any atom is 0.255 e. The molecular weight excluding hydrogens is 455 g/mol. The Kier molecular flexibility index (Phi) is 6.25. The molecule has 0 radical (unpaired) electrons. The minimum Gasteiger partial charge on any atom is -0.456 e. The highest BCUT2D eigenvalue weighted by Crippen LogP contribution is 2.37. The van der Waals surface area contributed by atoms with Crippen molar-refractivity contribution in [3.63, 3.8) is 0 Å². The number of allylic oxidation sites excluding steroid dienone is 4. The van der Waals surface area contributed by atoms with E-state index in [0.717, 1.165) is 28.0 Å². The van der Waals surface area contributed by atoms with Gasteiger partial charge in [0.15, 0.2) is 0 Å². The molecule has 0 saturated carbocycles. The van der Waals surface area contributed by atoms with Crippen molar-refractivity contribution in [1.29, 1.82) is 0 Å². The van der Waals surface area contributed by atoms with Gasteiger partial charge in [0.25, 0.3) is 11.8 Å². The molecule has 1 aliphatic rings. The van der Waals surface area contributed by atoms with Gasteiger partial charge in [0.05, 0.1) is 5.56 Å². The fourth-order valence-corrected chi connectivity index (χ4v) is 4.42. The van der Waals surface area contributed by atoms with Crippen LogP contribution in [-0.2, 0) is 0 Å². The average molecular weight is 481 g/mol. The molecule has 5 rings (SSSR count). The molecule has 5 nitrogen and oxygen atoms in total. The molecule has 0 unspecified atom stereocenters. The first-order valence-corrected chi connectivity index (χ1v) is 11.8. The molecule has 3 aromatic carbocycles. The molecule has 36 heavy (non-hydrogen) atoms. The van der Waals surface area contributed by atoms with Gasteiger partial charge < -0.3 is 15.1 Å². The maximum atomic E-state index is 13.6. The summed E-state index contributed by atoms with van der Waals surface area (Å²) in [7, 11) is 1.57. The lowest BCUT2D eigenvalue weighted by molar-refractivity contribution is 0.0962. The number of aryl methyl sites for hydroxylation is 1. The highest BCUT2D eigenvalue weighted by molar-refractivity contribution is 6.10. The summed E-state index contributed by atoms with van der Waals surface area (Å²) in [4.78, 5) is 25.8. The van der Waals surface area contributed by atoms with Crippen molar-refractivity contribution >= 4 is 34.0 Å².